The lowest BCUT2D eigenvalue weighted by Crippen LogP contribution is -2.62. The fourth-order valence-corrected chi connectivity index (χ4v) is 4.38. The molecule has 1 aliphatic heterocycles. The number of aryl methyl sites for hydroxylation is 3. The average Bonchev–Trinajstić information content (AvgIpc) is 2.45. The minimum absolute atomic E-state index is 0.0441. The molecule has 1 saturated heterocycles. The van der Waals surface area contributed by atoms with Gasteiger partial charge in [-0.3, -0.25) is 4.79 Å². The fraction of sp³-hybridized carbons (Fsp3) is 0.619. The predicted molar refractivity (Wildman–Crippen MR) is 110 cm³/mol. The molecule has 1 fully saturated rings. The molecule has 3 amide bonds. The van der Waals surface area contributed by atoms with Crippen LogP contribution in [0.1, 0.15) is 57.2 Å². The topological polar surface area (TPSA) is 82.3 Å². The van der Waals surface area contributed by atoms with E-state index >= 15 is 0 Å². The van der Waals surface area contributed by atoms with Crippen molar-refractivity contribution in [2.24, 2.45) is 0 Å². The maximum atomic E-state index is 12.2. The summed E-state index contributed by atoms with van der Waals surface area (Å²) in [7, 11) is 0. The van der Waals surface area contributed by atoms with Gasteiger partial charge in [-0.15, -0.1) is 0 Å². The van der Waals surface area contributed by atoms with Crippen LogP contribution in [-0.4, -0.2) is 35.6 Å². The Labute approximate surface area is 162 Å². The van der Waals surface area contributed by atoms with Gasteiger partial charge in [0.1, 0.15) is 0 Å². The van der Waals surface area contributed by atoms with Crippen molar-refractivity contribution >= 4 is 17.6 Å². The van der Waals surface area contributed by atoms with Crippen molar-refractivity contribution in [3.05, 3.63) is 28.8 Å². The first-order valence-corrected chi connectivity index (χ1v) is 9.58. The van der Waals surface area contributed by atoms with Gasteiger partial charge < -0.3 is 21.3 Å². The molecule has 0 saturated carbocycles. The number of hydrogen-bond donors (Lipinski definition) is 4. The van der Waals surface area contributed by atoms with Gasteiger partial charge in [0, 0.05) is 22.8 Å². The second-order valence-electron chi connectivity index (χ2n) is 9.15. The van der Waals surface area contributed by atoms with Crippen molar-refractivity contribution < 1.29 is 9.59 Å². The van der Waals surface area contributed by atoms with Crippen molar-refractivity contribution in [3.63, 3.8) is 0 Å². The van der Waals surface area contributed by atoms with Crippen molar-refractivity contribution in [2.75, 3.05) is 11.9 Å². The molecule has 0 bridgehead atoms. The molecule has 27 heavy (non-hydrogen) atoms. The lowest BCUT2D eigenvalue weighted by Gasteiger charge is -2.46. The van der Waals surface area contributed by atoms with E-state index in [9.17, 15) is 9.59 Å². The van der Waals surface area contributed by atoms with E-state index in [1.807, 2.05) is 32.9 Å². The Morgan fingerprint density at radius 3 is 2.07 bits per heavy atom. The molecule has 6 heteroatoms. The number of piperidine rings is 1. The minimum Gasteiger partial charge on any atom is -0.335 e. The van der Waals surface area contributed by atoms with E-state index in [2.05, 4.69) is 49.0 Å². The number of amides is 3. The van der Waals surface area contributed by atoms with E-state index in [-0.39, 0.29) is 35.6 Å². The van der Waals surface area contributed by atoms with Gasteiger partial charge in [0.2, 0.25) is 5.91 Å². The number of anilines is 1. The Bertz CT molecular complexity index is 686. The molecule has 0 aliphatic carbocycles. The molecule has 1 heterocycles. The predicted octanol–water partition coefficient (Wildman–Crippen LogP) is 3.16. The summed E-state index contributed by atoms with van der Waals surface area (Å²) in [6.07, 6.45) is 1.69. The van der Waals surface area contributed by atoms with Crippen molar-refractivity contribution in [2.45, 2.75) is 78.4 Å². The van der Waals surface area contributed by atoms with Crippen LogP contribution in [0.2, 0.25) is 0 Å². The largest absolute Gasteiger partial charge is 0.335 e. The number of carbonyl (C=O) groups is 2. The number of hydrogen-bond acceptors (Lipinski definition) is 3. The molecule has 4 N–H and O–H groups in total. The number of carbonyl (C=O) groups excluding carboxylic acids is 2. The highest BCUT2D eigenvalue weighted by Gasteiger charge is 2.38. The monoisotopic (exact) mass is 374 g/mol. The van der Waals surface area contributed by atoms with E-state index in [0.29, 0.717) is 0 Å². The zero-order valence-corrected chi connectivity index (χ0v) is 17.7. The summed E-state index contributed by atoms with van der Waals surface area (Å²) in [5, 5.41) is 12.2. The Morgan fingerprint density at radius 2 is 1.56 bits per heavy atom. The van der Waals surface area contributed by atoms with Crippen LogP contribution in [0, 0.1) is 20.8 Å². The molecule has 1 aromatic rings. The molecular weight excluding hydrogens is 340 g/mol. The molecule has 2 rings (SSSR count). The molecule has 1 aliphatic rings. The minimum atomic E-state index is -0.305. The van der Waals surface area contributed by atoms with Gasteiger partial charge in [-0.2, -0.15) is 0 Å². The van der Waals surface area contributed by atoms with Gasteiger partial charge in [-0.1, -0.05) is 17.7 Å². The van der Waals surface area contributed by atoms with Crippen LogP contribution in [0.3, 0.4) is 0 Å². The van der Waals surface area contributed by atoms with Gasteiger partial charge in [0.25, 0.3) is 0 Å². The lowest BCUT2D eigenvalue weighted by atomic mass is 9.80. The first kappa shape index (κ1) is 21.2. The van der Waals surface area contributed by atoms with E-state index in [0.717, 1.165) is 35.2 Å². The lowest BCUT2D eigenvalue weighted by molar-refractivity contribution is -0.115. The summed E-state index contributed by atoms with van der Waals surface area (Å²) in [4.78, 5) is 24.5. The van der Waals surface area contributed by atoms with Gasteiger partial charge >= 0.3 is 6.03 Å². The number of urea groups is 1. The number of nitrogens with one attached hydrogen (secondary N) is 4. The highest BCUT2D eigenvalue weighted by molar-refractivity contribution is 5.95. The van der Waals surface area contributed by atoms with E-state index in [1.165, 1.54) is 0 Å². The fourth-order valence-electron chi connectivity index (χ4n) is 4.38. The molecule has 0 atom stereocenters. The van der Waals surface area contributed by atoms with Crippen LogP contribution in [0.25, 0.3) is 0 Å². The summed E-state index contributed by atoms with van der Waals surface area (Å²) in [6.45, 7) is 14.5. The SMILES string of the molecule is Cc1cc(C)c(NC(=O)CNC(=O)NC2CC(C)(C)NC(C)(C)C2)c(C)c1. The zero-order valence-electron chi connectivity index (χ0n) is 17.7. The van der Waals surface area contributed by atoms with Crippen LogP contribution in [-0.2, 0) is 4.79 Å². The van der Waals surface area contributed by atoms with Crippen molar-refractivity contribution in [1.29, 1.82) is 0 Å². The van der Waals surface area contributed by atoms with Crippen LogP contribution in [0.4, 0.5) is 10.5 Å². The smallest absolute Gasteiger partial charge is 0.315 e. The molecular formula is C21H34N4O2. The first-order chi connectivity index (χ1) is 12.4. The van der Waals surface area contributed by atoms with Crippen LogP contribution < -0.4 is 21.3 Å². The second-order valence-corrected chi connectivity index (χ2v) is 9.15. The van der Waals surface area contributed by atoms with Gasteiger partial charge in [-0.05, 0) is 72.4 Å². The summed E-state index contributed by atoms with van der Waals surface area (Å²) < 4.78 is 0. The molecule has 150 valence electrons. The molecule has 1 aromatic carbocycles. The Kier molecular flexibility index (Phi) is 6.20. The van der Waals surface area contributed by atoms with Crippen molar-refractivity contribution in [1.82, 2.24) is 16.0 Å². The summed E-state index contributed by atoms with van der Waals surface area (Å²) in [6, 6.07) is 3.83. The van der Waals surface area contributed by atoms with E-state index in [1.54, 1.807) is 0 Å². The maximum Gasteiger partial charge on any atom is 0.315 e. The normalized spacial score (nSPS) is 18.6. The molecule has 0 spiro atoms. The standard InChI is InChI=1S/C21H34N4O2/c1-13-8-14(2)18(15(3)9-13)24-17(26)12-22-19(27)23-16-10-20(4,5)25-21(6,7)11-16/h8-9,16,25H,10-12H2,1-7H3,(H,24,26)(H2,22,23,27). The van der Waals surface area contributed by atoms with Crippen LogP contribution in [0.15, 0.2) is 12.1 Å². The third kappa shape index (κ3) is 6.24. The first-order valence-electron chi connectivity index (χ1n) is 9.58. The molecule has 0 aromatic heterocycles. The van der Waals surface area contributed by atoms with Crippen LogP contribution >= 0.6 is 0 Å². The van der Waals surface area contributed by atoms with Crippen LogP contribution in [0.5, 0.6) is 0 Å². The second kappa shape index (κ2) is 7.89. The number of rotatable bonds is 4. The third-order valence-electron chi connectivity index (χ3n) is 4.88. The Balaban J connectivity index is 1.86. The van der Waals surface area contributed by atoms with Gasteiger partial charge in [0.15, 0.2) is 0 Å². The highest BCUT2D eigenvalue weighted by atomic mass is 16.2. The van der Waals surface area contributed by atoms with Gasteiger partial charge in [0.05, 0.1) is 6.54 Å². The van der Waals surface area contributed by atoms with E-state index < -0.39 is 0 Å². The highest BCUT2D eigenvalue weighted by Crippen LogP contribution is 2.28. The molecule has 0 radical (unpaired) electrons. The number of benzene rings is 1. The molecule has 6 nitrogen and oxygen atoms in total. The van der Waals surface area contributed by atoms with Gasteiger partial charge in [-0.25, -0.2) is 4.79 Å². The average molecular weight is 375 g/mol. The van der Waals surface area contributed by atoms with Crippen molar-refractivity contribution in [3.8, 4) is 0 Å². The summed E-state index contributed by atoms with van der Waals surface area (Å²) in [5.74, 6) is -0.230. The Hall–Kier alpha value is -2.08. The maximum absolute atomic E-state index is 12.2. The third-order valence-corrected chi connectivity index (χ3v) is 4.88. The van der Waals surface area contributed by atoms with E-state index in [4.69, 9.17) is 0 Å². The zero-order chi connectivity index (χ0) is 20.4. The summed E-state index contributed by atoms with van der Waals surface area (Å²) >= 11 is 0. The summed E-state index contributed by atoms with van der Waals surface area (Å²) in [5.41, 5.74) is 3.92. The molecule has 0 unspecified atom stereocenters. The quantitative estimate of drug-likeness (QED) is 0.653. The Morgan fingerprint density at radius 1 is 1.04 bits per heavy atom.